The van der Waals surface area contributed by atoms with Crippen molar-refractivity contribution in [2.24, 2.45) is 23.7 Å². The first-order valence-corrected chi connectivity index (χ1v) is 8.97. The molecule has 0 aromatic rings. The molecule has 3 aliphatic rings. The van der Waals surface area contributed by atoms with Crippen molar-refractivity contribution in [3.05, 3.63) is 12.2 Å². The molecule has 1 N–H and O–H groups in total. The molecule has 142 valence electrons. The molecule has 3 rings (SSSR count). The number of likely N-dealkylation sites (tertiary alicyclic amines) is 1. The first-order valence-electron chi connectivity index (χ1n) is 8.97. The number of hydrogen-bond acceptors (Lipinski definition) is 5. The zero-order chi connectivity index (χ0) is 18.8. The van der Waals surface area contributed by atoms with Crippen LogP contribution in [0.2, 0.25) is 0 Å². The zero-order valence-corrected chi connectivity index (χ0v) is 15.1. The van der Waals surface area contributed by atoms with Crippen molar-refractivity contribution in [1.29, 1.82) is 0 Å². The van der Waals surface area contributed by atoms with Crippen molar-refractivity contribution >= 4 is 23.6 Å². The minimum Gasteiger partial charge on any atom is -0.383 e. The van der Waals surface area contributed by atoms with Gasteiger partial charge in [-0.25, -0.2) is 0 Å². The van der Waals surface area contributed by atoms with E-state index in [0.29, 0.717) is 13.2 Å². The first kappa shape index (κ1) is 18.6. The average molecular weight is 363 g/mol. The van der Waals surface area contributed by atoms with E-state index in [-0.39, 0.29) is 66.8 Å². The summed E-state index contributed by atoms with van der Waals surface area (Å²) >= 11 is 0. The largest absolute Gasteiger partial charge is 0.383 e. The van der Waals surface area contributed by atoms with Crippen molar-refractivity contribution in [1.82, 2.24) is 15.1 Å². The number of carbonyl (C=O) groups is 4. The number of imide groups is 1. The number of hydrogen-bond donors (Lipinski definition) is 1. The number of allylic oxidation sites excluding steroid dienone is 2. The minimum atomic E-state index is -0.336. The number of ether oxygens (including phenoxy) is 1. The third kappa shape index (κ3) is 3.38. The molecule has 1 aliphatic heterocycles. The maximum atomic E-state index is 12.6. The summed E-state index contributed by atoms with van der Waals surface area (Å²) in [6.45, 7) is 0.835. The SMILES string of the molecule is COCCNC(=O)CCN(C)C(=O)CN1C(=O)C2C3C=CC(C3)C2C1=O. The number of amides is 4. The van der Waals surface area contributed by atoms with Crippen LogP contribution in [0.4, 0.5) is 0 Å². The number of rotatable bonds is 8. The van der Waals surface area contributed by atoms with Crippen LogP contribution in [-0.2, 0) is 23.9 Å². The van der Waals surface area contributed by atoms with E-state index >= 15 is 0 Å². The minimum absolute atomic E-state index is 0.134. The number of carbonyl (C=O) groups excluding carboxylic acids is 4. The first-order chi connectivity index (χ1) is 12.4. The molecule has 0 aromatic heterocycles. The van der Waals surface area contributed by atoms with Gasteiger partial charge in [0.2, 0.25) is 23.6 Å². The molecule has 8 nitrogen and oxygen atoms in total. The Morgan fingerprint density at radius 2 is 1.85 bits per heavy atom. The maximum Gasteiger partial charge on any atom is 0.242 e. The van der Waals surface area contributed by atoms with Gasteiger partial charge >= 0.3 is 0 Å². The number of fused-ring (bicyclic) bond motifs is 5. The van der Waals surface area contributed by atoms with Crippen molar-refractivity contribution in [2.45, 2.75) is 12.8 Å². The van der Waals surface area contributed by atoms with Crippen molar-refractivity contribution in [3.63, 3.8) is 0 Å². The van der Waals surface area contributed by atoms with Gasteiger partial charge in [0, 0.05) is 33.7 Å². The van der Waals surface area contributed by atoms with E-state index < -0.39 is 0 Å². The summed E-state index contributed by atoms with van der Waals surface area (Å²) in [4.78, 5) is 51.7. The second-order valence-corrected chi connectivity index (χ2v) is 7.17. The Kier molecular flexibility index (Phi) is 5.41. The molecule has 1 saturated carbocycles. The molecule has 8 heteroatoms. The fourth-order valence-corrected chi connectivity index (χ4v) is 4.15. The van der Waals surface area contributed by atoms with E-state index in [1.165, 1.54) is 4.90 Å². The third-order valence-electron chi connectivity index (χ3n) is 5.58. The molecule has 0 spiro atoms. The van der Waals surface area contributed by atoms with E-state index in [2.05, 4.69) is 5.32 Å². The fraction of sp³-hybridized carbons (Fsp3) is 0.667. The van der Waals surface area contributed by atoms with Crippen LogP contribution >= 0.6 is 0 Å². The Balaban J connectivity index is 1.48. The summed E-state index contributed by atoms with van der Waals surface area (Å²) in [5, 5.41) is 2.68. The van der Waals surface area contributed by atoms with Gasteiger partial charge in [-0.3, -0.25) is 24.1 Å². The molecule has 4 amide bonds. The lowest BCUT2D eigenvalue weighted by atomic mass is 9.85. The summed E-state index contributed by atoms with van der Waals surface area (Å²) < 4.78 is 4.85. The van der Waals surface area contributed by atoms with Gasteiger partial charge in [-0.15, -0.1) is 0 Å². The second-order valence-electron chi connectivity index (χ2n) is 7.17. The van der Waals surface area contributed by atoms with E-state index in [1.54, 1.807) is 14.2 Å². The summed E-state index contributed by atoms with van der Waals surface area (Å²) in [7, 11) is 3.12. The van der Waals surface area contributed by atoms with E-state index in [0.717, 1.165) is 11.3 Å². The van der Waals surface area contributed by atoms with Gasteiger partial charge < -0.3 is 15.0 Å². The molecule has 0 aromatic carbocycles. The lowest BCUT2D eigenvalue weighted by Crippen LogP contribution is -2.43. The molecule has 1 saturated heterocycles. The normalized spacial score (nSPS) is 28.6. The van der Waals surface area contributed by atoms with Gasteiger partial charge in [0.25, 0.3) is 0 Å². The standard InChI is InChI=1S/C18H25N3O5/c1-20(7-5-13(22)19-6-8-26-2)14(23)10-21-17(24)15-11-3-4-12(9-11)16(15)18(21)25/h3-4,11-12,15-16H,5-10H2,1-2H3,(H,19,22). The Morgan fingerprint density at radius 1 is 1.23 bits per heavy atom. The van der Waals surface area contributed by atoms with Crippen molar-refractivity contribution < 1.29 is 23.9 Å². The number of methoxy groups -OCH3 is 1. The fourth-order valence-electron chi connectivity index (χ4n) is 4.15. The average Bonchev–Trinajstić information content (AvgIpc) is 3.29. The van der Waals surface area contributed by atoms with Crippen LogP contribution in [0.1, 0.15) is 12.8 Å². The molecular weight excluding hydrogens is 338 g/mol. The maximum absolute atomic E-state index is 12.6. The molecule has 4 unspecified atom stereocenters. The predicted molar refractivity (Wildman–Crippen MR) is 91.6 cm³/mol. The molecule has 4 atom stereocenters. The van der Waals surface area contributed by atoms with Crippen LogP contribution in [0.25, 0.3) is 0 Å². The summed E-state index contributed by atoms with van der Waals surface area (Å²) in [5.74, 6) is -1.27. The van der Waals surface area contributed by atoms with E-state index in [4.69, 9.17) is 4.74 Å². The van der Waals surface area contributed by atoms with Gasteiger partial charge in [-0.05, 0) is 18.3 Å². The molecule has 2 bridgehead atoms. The molecule has 26 heavy (non-hydrogen) atoms. The van der Waals surface area contributed by atoms with Crippen LogP contribution in [0.3, 0.4) is 0 Å². The van der Waals surface area contributed by atoms with Gasteiger partial charge in [0.05, 0.1) is 18.4 Å². The van der Waals surface area contributed by atoms with Crippen molar-refractivity contribution in [2.75, 3.05) is 40.4 Å². The highest BCUT2D eigenvalue weighted by molar-refractivity contribution is 6.08. The highest BCUT2D eigenvalue weighted by Gasteiger charge is 2.59. The molecular formula is C18H25N3O5. The summed E-state index contributed by atoms with van der Waals surface area (Å²) in [5.41, 5.74) is 0. The Bertz CT molecular complexity index is 617. The lowest BCUT2D eigenvalue weighted by Gasteiger charge is -2.21. The third-order valence-corrected chi connectivity index (χ3v) is 5.58. The van der Waals surface area contributed by atoms with Crippen molar-refractivity contribution in [3.8, 4) is 0 Å². The van der Waals surface area contributed by atoms with Gasteiger partial charge in [0.15, 0.2) is 0 Å². The Morgan fingerprint density at radius 3 is 2.42 bits per heavy atom. The van der Waals surface area contributed by atoms with Crippen LogP contribution in [0.5, 0.6) is 0 Å². The van der Waals surface area contributed by atoms with Crippen LogP contribution in [-0.4, -0.2) is 73.8 Å². The van der Waals surface area contributed by atoms with E-state index in [1.807, 2.05) is 12.2 Å². The molecule has 0 radical (unpaired) electrons. The molecule has 2 aliphatic carbocycles. The van der Waals surface area contributed by atoms with Gasteiger partial charge in [0.1, 0.15) is 6.54 Å². The summed E-state index contributed by atoms with van der Waals surface area (Å²) in [6, 6.07) is 0. The number of likely N-dealkylation sites (N-methyl/N-ethyl adjacent to an activating group) is 1. The second kappa shape index (κ2) is 7.57. The number of nitrogens with zero attached hydrogens (tertiary/aromatic N) is 2. The zero-order valence-electron chi connectivity index (χ0n) is 15.1. The highest BCUT2D eigenvalue weighted by atomic mass is 16.5. The quantitative estimate of drug-likeness (QED) is 0.353. The lowest BCUT2D eigenvalue weighted by molar-refractivity contribution is -0.146. The van der Waals surface area contributed by atoms with Crippen LogP contribution < -0.4 is 5.32 Å². The van der Waals surface area contributed by atoms with Gasteiger partial charge in [-0.1, -0.05) is 12.2 Å². The van der Waals surface area contributed by atoms with Crippen LogP contribution in [0.15, 0.2) is 12.2 Å². The smallest absolute Gasteiger partial charge is 0.242 e. The molecule has 1 heterocycles. The van der Waals surface area contributed by atoms with Crippen LogP contribution in [0, 0.1) is 23.7 Å². The summed E-state index contributed by atoms with van der Waals surface area (Å²) in [6.07, 6.45) is 5.08. The highest BCUT2D eigenvalue weighted by Crippen LogP contribution is 2.52. The van der Waals surface area contributed by atoms with Gasteiger partial charge in [-0.2, -0.15) is 0 Å². The predicted octanol–water partition coefficient (Wildman–Crippen LogP) is -0.595. The number of nitrogens with one attached hydrogen (secondary N) is 1. The monoisotopic (exact) mass is 363 g/mol. The topological polar surface area (TPSA) is 96.0 Å². The Hall–Kier alpha value is -2.22. The van der Waals surface area contributed by atoms with E-state index in [9.17, 15) is 19.2 Å². The Labute approximate surface area is 152 Å². The molecule has 2 fully saturated rings.